The molecule has 0 aliphatic heterocycles. The number of hydrogen-bond donors (Lipinski definition) is 2. The first kappa shape index (κ1) is 15.8. The SMILES string of the molecule is COCCC(N)C(=O)Nc1cc(Cl)ccc1N(C)C. The molecule has 0 saturated carbocycles. The maximum Gasteiger partial charge on any atom is 0.241 e. The Kier molecular flexibility index (Phi) is 6.08. The molecule has 0 aromatic heterocycles. The third kappa shape index (κ3) is 4.70. The summed E-state index contributed by atoms with van der Waals surface area (Å²) in [7, 11) is 5.36. The average molecular weight is 286 g/mol. The Bertz CT molecular complexity index is 438. The lowest BCUT2D eigenvalue weighted by molar-refractivity contribution is -0.117. The molecule has 1 amide bonds. The standard InChI is InChI=1S/C13H20ClN3O2/c1-17(2)12-5-4-9(14)8-11(12)16-13(18)10(15)6-7-19-3/h4-5,8,10H,6-7,15H2,1-3H3,(H,16,18). The number of carbonyl (C=O) groups is 1. The minimum absolute atomic E-state index is 0.248. The van der Waals surface area contributed by atoms with Gasteiger partial charge in [-0.1, -0.05) is 11.6 Å². The molecule has 3 N–H and O–H groups in total. The fourth-order valence-electron chi connectivity index (χ4n) is 1.60. The van der Waals surface area contributed by atoms with Crippen molar-refractivity contribution in [3.63, 3.8) is 0 Å². The van der Waals surface area contributed by atoms with Crippen LogP contribution >= 0.6 is 11.6 Å². The van der Waals surface area contributed by atoms with Gasteiger partial charge in [-0.3, -0.25) is 4.79 Å². The lowest BCUT2D eigenvalue weighted by atomic mass is 10.2. The van der Waals surface area contributed by atoms with Crippen LogP contribution in [0, 0.1) is 0 Å². The van der Waals surface area contributed by atoms with Crippen LogP contribution in [0.15, 0.2) is 18.2 Å². The molecular formula is C13H20ClN3O2. The molecule has 0 spiro atoms. The number of rotatable bonds is 6. The minimum Gasteiger partial charge on any atom is -0.385 e. The number of anilines is 2. The molecule has 6 heteroatoms. The number of nitrogens with zero attached hydrogens (tertiary/aromatic N) is 1. The molecule has 0 bridgehead atoms. The fraction of sp³-hybridized carbons (Fsp3) is 0.462. The highest BCUT2D eigenvalue weighted by Crippen LogP contribution is 2.27. The highest BCUT2D eigenvalue weighted by Gasteiger charge is 2.15. The predicted octanol–water partition coefficient (Wildman–Crippen LogP) is 1.71. The summed E-state index contributed by atoms with van der Waals surface area (Å²) in [6.07, 6.45) is 0.472. The van der Waals surface area contributed by atoms with Gasteiger partial charge >= 0.3 is 0 Å². The highest BCUT2D eigenvalue weighted by atomic mass is 35.5. The largest absolute Gasteiger partial charge is 0.385 e. The topological polar surface area (TPSA) is 67.6 Å². The number of halogens is 1. The summed E-state index contributed by atoms with van der Waals surface area (Å²) in [6, 6.07) is 4.72. The van der Waals surface area contributed by atoms with Gasteiger partial charge in [-0.2, -0.15) is 0 Å². The van der Waals surface area contributed by atoms with E-state index >= 15 is 0 Å². The van der Waals surface area contributed by atoms with Gasteiger partial charge in [-0.25, -0.2) is 0 Å². The predicted molar refractivity (Wildman–Crippen MR) is 78.9 cm³/mol. The van der Waals surface area contributed by atoms with Gasteiger partial charge in [0, 0.05) is 32.8 Å². The van der Waals surface area contributed by atoms with Gasteiger partial charge < -0.3 is 20.7 Å². The second-order valence-electron chi connectivity index (χ2n) is 4.43. The van der Waals surface area contributed by atoms with Crippen molar-refractivity contribution in [3.05, 3.63) is 23.2 Å². The molecule has 5 nitrogen and oxygen atoms in total. The first-order chi connectivity index (χ1) is 8.95. The summed E-state index contributed by atoms with van der Waals surface area (Å²) in [6.45, 7) is 0.449. The lowest BCUT2D eigenvalue weighted by Gasteiger charge is -2.19. The fourth-order valence-corrected chi connectivity index (χ4v) is 1.77. The first-order valence-corrected chi connectivity index (χ1v) is 6.35. The van der Waals surface area contributed by atoms with E-state index in [-0.39, 0.29) is 5.91 Å². The summed E-state index contributed by atoms with van der Waals surface area (Å²) in [5.41, 5.74) is 7.30. The zero-order valence-electron chi connectivity index (χ0n) is 11.4. The molecule has 0 aliphatic carbocycles. The van der Waals surface area contributed by atoms with Crippen LogP contribution in [0.3, 0.4) is 0 Å². The van der Waals surface area contributed by atoms with E-state index in [4.69, 9.17) is 22.1 Å². The van der Waals surface area contributed by atoms with Crippen LogP contribution < -0.4 is 16.0 Å². The van der Waals surface area contributed by atoms with Crippen molar-refractivity contribution in [2.45, 2.75) is 12.5 Å². The molecule has 106 valence electrons. The summed E-state index contributed by atoms with van der Waals surface area (Å²) in [5.74, 6) is -0.248. The Morgan fingerprint density at radius 3 is 2.79 bits per heavy atom. The normalized spacial score (nSPS) is 12.1. The smallest absolute Gasteiger partial charge is 0.241 e. The Hall–Kier alpha value is -1.30. The van der Waals surface area contributed by atoms with E-state index in [1.165, 1.54) is 0 Å². The zero-order chi connectivity index (χ0) is 14.4. The van der Waals surface area contributed by atoms with Crippen LogP contribution in [0.5, 0.6) is 0 Å². The number of nitrogens with two attached hydrogens (primary N) is 1. The first-order valence-electron chi connectivity index (χ1n) is 5.98. The molecule has 1 aromatic carbocycles. The van der Waals surface area contributed by atoms with Crippen LogP contribution in [0.1, 0.15) is 6.42 Å². The van der Waals surface area contributed by atoms with Crippen LogP contribution in [0.25, 0.3) is 0 Å². The Balaban J connectivity index is 2.80. The van der Waals surface area contributed by atoms with Crippen molar-refractivity contribution < 1.29 is 9.53 Å². The van der Waals surface area contributed by atoms with E-state index in [1.54, 1.807) is 19.2 Å². The van der Waals surface area contributed by atoms with Crippen molar-refractivity contribution in [3.8, 4) is 0 Å². The lowest BCUT2D eigenvalue weighted by Crippen LogP contribution is -2.36. The number of nitrogens with one attached hydrogen (secondary N) is 1. The number of hydrogen-bond acceptors (Lipinski definition) is 4. The maximum atomic E-state index is 12.0. The third-order valence-electron chi connectivity index (χ3n) is 2.67. The van der Waals surface area contributed by atoms with E-state index in [2.05, 4.69) is 5.32 Å². The van der Waals surface area contributed by atoms with Gasteiger partial charge in [0.1, 0.15) is 0 Å². The van der Waals surface area contributed by atoms with Gasteiger partial charge in [-0.15, -0.1) is 0 Å². The van der Waals surface area contributed by atoms with Gasteiger partial charge in [0.15, 0.2) is 0 Å². The van der Waals surface area contributed by atoms with Crippen LogP contribution in [-0.2, 0) is 9.53 Å². The highest BCUT2D eigenvalue weighted by molar-refractivity contribution is 6.31. The number of amides is 1. The van der Waals surface area contributed by atoms with Gasteiger partial charge in [0.2, 0.25) is 5.91 Å². The molecule has 1 unspecified atom stereocenters. The number of benzene rings is 1. The molecule has 1 aromatic rings. The van der Waals surface area contributed by atoms with Crippen molar-refractivity contribution in [2.24, 2.45) is 5.73 Å². The molecule has 0 aliphatic rings. The van der Waals surface area contributed by atoms with Gasteiger partial charge in [0.05, 0.1) is 17.4 Å². The van der Waals surface area contributed by atoms with Gasteiger partial charge in [-0.05, 0) is 24.6 Å². The Morgan fingerprint density at radius 2 is 2.21 bits per heavy atom. The summed E-state index contributed by atoms with van der Waals surface area (Å²) in [5, 5.41) is 3.36. The molecule has 19 heavy (non-hydrogen) atoms. The van der Waals surface area contributed by atoms with E-state index in [9.17, 15) is 4.79 Å². The molecule has 0 fully saturated rings. The molecule has 1 atom stereocenters. The molecule has 0 radical (unpaired) electrons. The van der Waals surface area contributed by atoms with Crippen molar-refractivity contribution in [1.29, 1.82) is 0 Å². The van der Waals surface area contributed by atoms with Crippen molar-refractivity contribution in [2.75, 3.05) is 38.0 Å². The van der Waals surface area contributed by atoms with E-state index in [1.807, 2.05) is 25.1 Å². The third-order valence-corrected chi connectivity index (χ3v) is 2.90. The second-order valence-corrected chi connectivity index (χ2v) is 4.87. The Morgan fingerprint density at radius 1 is 1.53 bits per heavy atom. The van der Waals surface area contributed by atoms with E-state index < -0.39 is 6.04 Å². The van der Waals surface area contributed by atoms with Crippen LogP contribution in [-0.4, -0.2) is 39.8 Å². The molecule has 0 heterocycles. The van der Waals surface area contributed by atoms with E-state index in [0.29, 0.717) is 23.7 Å². The Labute approximate surface area is 118 Å². The van der Waals surface area contributed by atoms with Gasteiger partial charge in [0.25, 0.3) is 0 Å². The number of carbonyl (C=O) groups excluding carboxylic acids is 1. The molecule has 1 rings (SSSR count). The second kappa shape index (κ2) is 7.33. The average Bonchev–Trinajstić information content (AvgIpc) is 2.35. The van der Waals surface area contributed by atoms with Crippen molar-refractivity contribution >= 4 is 28.9 Å². The van der Waals surface area contributed by atoms with E-state index in [0.717, 1.165) is 5.69 Å². The summed E-state index contributed by atoms with van der Waals surface area (Å²) in [4.78, 5) is 13.8. The molecule has 0 saturated heterocycles. The minimum atomic E-state index is -0.603. The zero-order valence-corrected chi connectivity index (χ0v) is 12.2. The number of methoxy groups -OCH3 is 1. The quantitative estimate of drug-likeness (QED) is 0.835. The number of ether oxygens (including phenoxy) is 1. The summed E-state index contributed by atoms with van der Waals surface area (Å²) < 4.78 is 4.90. The van der Waals surface area contributed by atoms with Crippen molar-refractivity contribution in [1.82, 2.24) is 0 Å². The maximum absolute atomic E-state index is 12.0. The monoisotopic (exact) mass is 285 g/mol. The molecular weight excluding hydrogens is 266 g/mol. The van der Waals surface area contributed by atoms with Crippen LogP contribution in [0.4, 0.5) is 11.4 Å². The van der Waals surface area contributed by atoms with Crippen LogP contribution in [0.2, 0.25) is 5.02 Å². The summed E-state index contributed by atoms with van der Waals surface area (Å²) >= 11 is 5.95.